The molecule has 0 aliphatic heterocycles. The molecule has 4 rings (SSSR count). The summed E-state index contributed by atoms with van der Waals surface area (Å²) in [5, 5.41) is 18.5. The summed E-state index contributed by atoms with van der Waals surface area (Å²) < 4.78 is 4.13. The average Bonchev–Trinajstić information content (AvgIpc) is 3.12. The fourth-order valence-corrected chi connectivity index (χ4v) is 3.53. The fourth-order valence-electron chi connectivity index (χ4n) is 2.63. The predicted molar refractivity (Wildman–Crippen MR) is 83.7 cm³/mol. The minimum Gasteiger partial charge on any atom is -0.388 e. The second kappa shape index (κ2) is 5.40. The van der Waals surface area contributed by atoms with E-state index in [4.69, 9.17) is 0 Å². The van der Waals surface area contributed by atoms with Crippen molar-refractivity contribution in [2.24, 2.45) is 0 Å². The molecule has 0 bridgehead atoms. The molecule has 0 atom stereocenters. The number of pyridine rings is 1. The Morgan fingerprint density at radius 3 is 2.95 bits per heavy atom. The normalized spacial score (nSPS) is 14.8. The molecule has 1 saturated carbocycles. The fraction of sp³-hybridized carbons (Fsp3) is 0.400. The molecule has 0 saturated heterocycles. The highest BCUT2D eigenvalue weighted by molar-refractivity contribution is 7.98. The highest BCUT2D eigenvalue weighted by atomic mass is 32.2. The Morgan fingerprint density at radius 1 is 1.36 bits per heavy atom. The summed E-state index contributed by atoms with van der Waals surface area (Å²) in [6.45, 7) is 2.01. The third-order valence-electron chi connectivity index (χ3n) is 3.87. The highest BCUT2D eigenvalue weighted by Gasteiger charge is 2.29. The minimum atomic E-state index is -0.0579. The molecule has 1 aliphatic rings. The number of imidazole rings is 1. The first-order chi connectivity index (χ1) is 10.8. The van der Waals surface area contributed by atoms with Gasteiger partial charge in [0.2, 0.25) is 0 Å². The van der Waals surface area contributed by atoms with Crippen molar-refractivity contribution in [2.45, 2.75) is 43.3 Å². The van der Waals surface area contributed by atoms with E-state index in [1.54, 1.807) is 11.8 Å². The quantitative estimate of drug-likeness (QED) is 0.732. The van der Waals surface area contributed by atoms with E-state index in [0.717, 1.165) is 35.1 Å². The molecule has 6 nitrogen and oxygen atoms in total. The molecule has 114 valence electrons. The second-order valence-corrected chi connectivity index (χ2v) is 6.54. The molecule has 1 N–H and O–H groups in total. The van der Waals surface area contributed by atoms with E-state index < -0.39 is 0 Å². The van der Waals surface area contributed by atoms with Gasteiger partial charge in [-0.2, -0.15) is 0 Å². The molecule has 3 aromatic rings. The molecular formula is C15H17N5OS. The number of aliphatic hydroxyl groups excluding tert-OH is 1. The lowest BCUT2D eigenvalue weighted by Crippen LogP contribution is -2.02. The van der Waals surface area contributed by atoms with Gasteiger partial charge in [-0.1, -0.05) is 17.8 Å². The summed E-state index contributed by atoms with van der Waals surface area (Å²) >= 11 is 1.63. The lowest BCUT2D eigenvalue weighted by Gasteiger charge is -2.06. The molecule has 7 heteroatoms. The third kappa shape index (κ3) is 2.40. The number of fused-ring (bicyclic) bond motifs is 1. The van der Waals surface area contributed by atoms with Crippen LogP contribution in [0.15, 0.2) is 29.7 Å². The molecule has 3 heterocycles. The van der Waals surface area contributed by atoms with Crippen LogP contribution in [0.4, 0.5) is 0 Å². The van der Waals surface area contributed by atoms with Gasteiger partial charge in [-0.05, 0) is 31.4 Å². The van der Waals surface area contributed by atoms with Gasteiger partial charge in [0.05, 0.1) is 5.69 Å². The highest BCUT2D eigenvalue weighted by Crippen LogP contribution is 2.39. The van der Waals surface area contributed by atoms with Gasteiger partial charge in [-0.25, -0.2) is 4.98 Å². The van der Waals surface area contributed by atoms with Crippen molar-refractivity contribution >= 4 is 17.4 Å². The van der Waals surface area contributed by atoms with Crippen molar-refractivity contribution in [1.82, 2.24) is 24.1 Å². The van der Waals surface area contributed by atoms with E-state index in [-0.39, 0.29) is 6.61 Å². The van der Waals surface area contributed by atoms with Crippen molar-refractivity contribution in [1.29, 1.82) is 0 Å². The summed E-state index contributed by atoms with van der Waals surface area (Å²) in [4.78, 5) is 4.68. The molecule has 0 spiro atoms. The largest absolute Gasteiger partial charge is 0.388 e. The lowest BCUT2D eigenvalue weighted by molar-refractivity contribution is 0.263. The van der Waals surface area contributed by atoms with Gasteiger partial charge < -0.3 is 14.1 Å². The number of aromatic nitrogens is 5. The number of nitrogens with zero attached hydrogens (tertiary/aromatic N) is 5. The monoisotopic (exact) mass is 315 g/mol. The van der Waals surface area contributed by atoms with Crippen molar-refractivity contribution < 1.29 is 5.11 Å². The minimum absolute atomic E-state index is 0.0579. The summed E-state index contributed by atoms with van der Waals surface area (Å²) in [6.07, 6.45) is 6.36. The van der Waals surface area contributed by atoms with Crippen LogP contribution in [-0.4, -0.2) is 29.3 Å². The average molecular weight is 315 g/mol. The molecule has 0 unspecified atom stereocenters. The molecule has 0 aromatic carbocycles. The zero-order valence-electron chi connectivity index (χ0n) is 12.3. The van der Waals surface area contributed by atoms with Crippen molar-refractivity contribution in [3.63, 3.8) is 0 Å². The zero-order chi connectivity index (χ0) is 15.1. The standard InChI is InChI=1S/C15H17N5OS/c1-10-3-2-6-19-7-11(16-14(10)19)9-22-15-18-17-13(8-21)20(15)12-4-5-12/h2-3,6-7,12,21H,4-5,8-9H2,1H3. The lowest BCUT2D eigenvalue weighted by atomic mass is 10.3. The maximum atomic E-state index is 9.37. The van der Waals surface area contributed by atoms with Crippen LogP contribution < -0.4 is 0 Å². The first kappa shape index (κ1) is 13.8. The first-order valence-corrected chi connectivity index (χ1v) is 8.35. The summed E-state index contributed by atoms with van der Waals surface area (Å²) in [5.74, 6) is 1.41. The summed E-state index contributed by atoms with van der Waals surface area (Å²) in [7, 11) is 0. The molecular weight excluding hydrogens is 298 g/mol. The van der Waals surface area contributed by atoms with E-state index >= 15 is 0 Å². The Hall–Kier alpha value is -1.86. The Balaban J connectivity index is 1.57. The summed E-state index contributed by atoms with van der Waals surface area (Å²) in [5.41, 5.74) is 3.19. The summed E-state index contributed by atoms with van der Waals surface area (Å²) in [6, 6.07) is 4.55. The molecule has 22 heavy (non-hydrogen) atoms. The van der Waals surface area contributed by atoms with Crippen LogP contribution in [0.25, 0.3) is 5.65 Å². The van der Waals surface area contributed by atoms with Gasteiger partial charge in [0, 0.05) is 24.2 Å². The van der Waals surface area contributed by atoms with Gasteiger partial charge in [0.15, 0.2) is 11.0 Å². The maximum absolute atomic E-state index is 9.37. The van der Waals surface area contributed by atoms with Crippen LogP contribution in [0.1, 0.15) is 36.0 Å². The Morgan fingerprint density at radius 2 is 2.23 bits per heavy atom. The molecule has 3 aromatic heterocycles. The molecule has 0 amide bonds. The van der Waals surface area contributed by atoms with E-state index in [2.05, 4.69) is 43.3 Å². The Kier molecular flexibility index (Phi) is 3.38. The van der Waals surface area contributed by atoms with E-state index in [9.17, 15) is 5.11 Å². The van der Waals surface area contributed by atoms with Gasteiger partial charge in [0.25, 0.3) is 0 Å². The molecule has 1 fully saturated rings. The van der Waals surface area contributed by atoms with Gasteiger partial charge in [-0.3, -0.25) is 0 Å². The van der Waals surface area contributed by atoms with Gasteiger partial charge in [0.1, 0.15) is 12.3 Å². The van der Waals surface area contributed by atoms with E-state index in [1.165, 1.54) is 5.56 Å². The Labute approximate surface area is 132 Å². The number of aliphatic hydroxyl groups is 1. The molecule has 1 aliphatic carbocycles. The number of hydrogen-bond acceptors (Lipinski definition) is 5. The number of thioether (sulfide) groups is 1. The van der Waals surface area contributed by atoms with Crippen molar-refractivity contribution in [3.8, 4) is 0 Å². The van der Waals surface area contributed by atoms with E-state index in [1.807, 2.05) is 12.3 Å². The third-order valence-corrected chi connectivity index (χ3v) is 4.84. The van der Waals surface area contributed by atoms with E-state index in [0.29, 0.717) is 11.9 Å². The maximum Gasteiger partial charge on any atom is 0.191 e. The van der Waals surface area contributed by atoms with Crippen LogP contribution in [0.2, 0.25) is 0 Å². The number of aryl methyl sites for hydroxylation is 1. The number of rotatable bonds is 5. The van der Waals surface area contributed by atoms with Crippen molar-refractivity contribution in [3.05, 3.63) is 41.6 Å². The number of hydrogen-bond donors (Lipinski definition) is 1. The van der Waals surface area contributed by atoms with Gasteiger partial charge >= 0.3 is 0 Å². The second-order valence-electron chi connectivity index (χ2n) is 5.60. The van der Waals surface area contributed by atoms with Crippen molar-refractivity contribution in [2.75, 3.05) is 0 Å². The van der Waals surface area contributed by atoms with Crippen LogP contribution in [-0.2, 0) is 12.4 Å². The predicted octanol–water partition coefficient (Wildman–Crippen LogP) is 2.35. The first-order valence-electron chi connectivity index (χ1n) is 7.37. The van der Waals surface area contributed by atoms with Crippen LogP contribution in [0.3, 0.4) is 0 Å². The topological polar surface area (TPSA) is 68.2 Å². The smallest absolute Gasteiger partial charge is 0.191 e. The van der Waals surface area contributed by atoms with Gasteiger partial charge in [-0.15, -0.1) is 10.2 Å². The Bertz CT molecular complexity index is 821. The van der Waals surface area contributed by atoms with Crippen LogP contribution in [0.5, 0.6) is 0 Å². The van der Waals surface area contributed by atoms with Crippen LogP contribution >= 0.6 is 11.8 Å². The molecule has 0 radical (unpaired) electrons. The van der Waals surface area contributed by atoms with Crippen LogP contribution in [0, 0.1) is 6.92 Å². The SMILES string of the molecule is Cc1cccn2cc(CSc3nnc(CO)n3C3CC3)nc12. The zero-order valence-corrected chi connectivity index (χ0v) is 13.1.